The molecule has 32 heavy (non-hydrogen) atoms. The molecule has 0 aliphatic heterocycles. The van der Waals surface area contributed by atoms with Crippen molar-refractivity contribution in [3.05, 3.63) is 71.7 Å². The average molecular weight is 524 g/mol. The maximum absolute atomic E-state index is 13.1. The summed E-state index contributed by atoms with van der Waals surface area (Å²) < 4.78 is 6.92. The third-order valence-electron chi connectivity index (χ3n) is 4.26. The lowest BCUT2D eigenvalue weighted by Gasteiger charge is -2.10. The first-order chi connectivity index (χ1) is 15.2. The van der Waals surface area contributed by atoms with E-state index in [1.807, 2.05) is 6.92 Å². The van der Waals surface area contributed by atoms with Crippen LogP contribution in [0.4, 0.5) is 5.69 Å². The molecule has 1 aromatic heterocycles. The van der Waals surface area contributed by atoms with Gasteiger partial charge in [-0.3, -0.25) is 14.9 Å². The fourth-order valence-corrected chi connectivity index (χ4v) is 3.52. The number of aliphatic carboxylic acids is 1. The van der Waals surface area contributed by atoms with Crippen LogP contribution in [0.3, 0.4) is 0 Å². The number of aromatic nitrogens is 2. The molecule has 0 spiro atoms. The standard InChI is InChI=1S/C20H16BrClN4O6/c1-2-3-17-24-15-5-4-12(21)7-14(15)20(29)25(17)23-9-11-6-13(22)8-16(26(30)31)19(11)32-10-18(27)28/h4-9H,2-3,10H2,1H3,(H,27,28). The Hall–Kier alpha value is -3.31. The molecule has 3 aromatic rings. The molecule has 0 atom stereocenters. The second-order valence-corrected chi connectivity index (χ2v) is 7.94. The predicted molar refractivity (Wildman–Crippen MR) is 122 cm³/mol. The van der Waals surface area contributed by atoms with Gasteiger partial charge in [0.2, 0.25) is 5.75 Å². The highest BCUT2D eigenvalue weighted by atomic mass is 79.9. The Morgan fingerprint density at radius 1 is 1.41 bits per heavy atom. The van der Waals surface area contributed by atoms with Crippen molar-refractivity contribution in [2.75, 3.05) is 6.61 Å². The van der Waals surface area contributed by atoms with E-state index in [9.17, 15) is 19.7 Å². The van der Waals surface area contributed by atoms with Gasteiger partial charge in [0, 0.05) is 27.5 Å². The normalized spacial score (nSPS) is 11.2. The van der Waals surface area contributed by atoms with Crippen molar-refractivity contribution in [3.63, 3.8) is 0 Å². The number of halogens is 2. The number of carboxylic acids is 1. The van der Waals surface area contributed by atoms with Gasteiger partial charge in [0.05, 0.1) is 22.0 Å². The minimum atomic E-state index is -1.32. The highest BCUT2D eigenvalue weighted by Gasteiger charge is 2.21. The minimum absolute atomic E-state index is 0.0162. The van der Waals surface area contributed by atoms with Crippen molar-refractivity contribution in [3.8, 4) is 5.75 Å². The molecule has 1 N–H and O–H groups in total. The van der Waals surface area contributed by atoms with Crippen LogP contribution in [0.2, 0.25) is 5.02 Å². The number of nitro benzene ring substituents is 1. The third-order valence-corrected chi connectivity index (χ3v) is 4.97. The SMILES string of the molecule is CCCc1nc2ccc(Br)cc2c(=O)n1N=Cc1cc(Cl)cc([N+](=O)[O-])c1OCC(=O)O. The van der Waals surface area contributed by atoms with Gasteiger partial charge in [-0.05, 0) is 30.7 Å². The zero-order valence-electron chi connectivity index (χ0n) is 16.6. The molecule has 10 nitrogen and oxygen atoms in total. The number of benzene rings is 2. The average Bonchev–Trinajstić information content (AvgIpc) is 2.73. The molecule has 0 aliphatic rings. The summed E-state index contributed by atoms with van der Waals surface area (Å²) >= 11 is 9.32. The fourth-order valence-electron chi connectivity index (χ4n) is 2.94. The Bertz CT molecular complexity index is 1310. The minimum Gasteiger partial charge on any atom is -0.479 e. The topological polar surface area (TPSA) is 137 Å². The largest absolute Gasteiger partial charge is 0.479 e. The van der Waals surface area contributed by atoms with Crippen LogP contribution in [0.5, 0.6) is 5.75 Å². The van der Waals surface area contributed by atoms with E-state index in [0.29, 0.717) is 34.0 Å². The molecule has 0 fully saturated rings. The highest BCUT2D eigenvalue weighted by Crippen LogP contribution is 2.33. The van der Waals surface area contributed by atoms with E-state index in [2.05, 4.69) is 26.0 Å². The number of fused-ring (bicyclic) bond motifs is 1. The van der Waals surface area contributed by atoms with Gasteiger partial charge in [-0.2, -0.15) is 9.78 Å². The smallest absolute Gasteiger partial charge is 0.341 e. The van der Waals surface area contributed by atoms with E-state index in [4.69, 9.17) is 21.4 Å². The summed E-state index contributed by atoms with van der Waals surface area (Å²) in [4.78, 5) is 39.2. The van der Waals surface area contributed by atoms with Gasteiger partial charge in [-0.25, -0.2) is 9.78 Å². The van der Waals surface area contributed by atoms with Crippen molar-refractivity contribution in [2.24, 2.45) is 5.10 Å². The lowest BCUT2D eigenvalue weighted by Crippen LogP contribution is -2.22. The van der Waals surface area contributed by atoms with Crippen LogP contribution in [-0.2, 0) is 11.2 Å². The first kappa shape index (κ1) is 23.4. The summed E-state index contributed by atoms with van der Waals surface area (Å²) in [5.74, 6) is -1.25. The summed E-state index contributed by atoms with van der Waals surface area (Å²) in [6, 6.07) is 7.48. The van der Waals surface area contributed by atoms with E-state index in [1.54, 1.807) is 18.2 Å². The van der Waals surface area contributed by atoms with E-state index in [1.165, 1.54) is 6.07 Å². The first-order valence-electron chi connectivity index (χ1n) is 9.29. The molecule has 3 rings (SSSR count). The Morgan fingerprint density at radius 3 is 2.81 bits per heavy atom. The van der Waals surface area contributed by atoms with Crippen molar-refractivity contribution >= 4 is 56.3 Å². The molecule has 12 heteroatoms. The zero-order valence-corrected chi connectivity index (χ0v) is 19.0. The van der Waals surface area contributed by atoms with Gasteiger partial charge in [0.1, 0.15) is 5.82 Å². The van der Waals surface area contributed by atoms with Crippen molar-refractivity contribution in [2.45, 2.75) is 19.8 Å². The van der Waals surface area contributed by atoms with Crippen molar-refractivity contribution in [1.29, 1.82) is 0 Å². The quantitative estimate of drug-likeness (QED) is 0.267. The van der Waals surface area contributed by atoms with Gasteiger partial charge in [0.25, 0.3) is 5.56 Å². The van der Waals surface area contributed by atoms with Crippen LogP contribution in [0.15, 0.2) is 44.7 Å². The molecule has 0 amide bonds. The lowest BCUT2D eigenvalue weighted by atomic mass is 10.2. The molecule has 0 unspecified atom stereocenters. The summed E-state index contributed by atoms with van der Waals surface area (Å²) in [6.45, 7) is 1.11. The molecular weight excluding hydrogens is 508 g/mol. The van der Waals surface area contributed by atoms with Gasteiger partial charge < -0.3 is 9.84 Å². The van der Waals surface area contributed by atoms with Gasteiger partial charge in [0.15, 0.2) is 6.61 Å². The number of aryl methyl sites for hydroxylation is 1. The maximum Gasteiger partial charge on any atom is 0.341 e. The number of carboxylic acid groups (broad SMARTS) is 1. The predicted octanol–water partition coefficient (Wildman–Crippen LogP) is 4.02. The van der Waals surface area contributed by atoms with Crippen LogP contribution >= 0.6 is 27.5 Å². The second kappa shape index (κ2) is 9.88. The van der Waals surface area contributed by atoms with Gasteiger partial charge in [-0.15, -0.1) is 0 Å². The molecule has 2 aromatic carbocycles. The van der Waals surface area contributed by atoms with Crippen LogP contribution in [-0.4, -0.2) is 38.5 Å². The summed E-state index contributed by atoms with van der Waals surface area (Å²) in [6.07, 6.45) is 2.30. The highest BCUT2D eigenvalue weighted by molar-refractivity contribution is 9.10. The zero-order chi connectivity index (χ0) is 23.4. The molecule has 1 heterocycles. The number of ether oxygens (including phenoxy) is 1. The number of nitrogens with zero attached hydrogens (tertiary/aromatic N) is 4. The number of nitro groups is 1. The molecule has 0 saturated heterocycles. The molecule has 0 bridgehead atoms. The molecule has 0 radical (unpaired) electrons. The van der Waals surface area contributed by atoms with Crippen LogP contribution < -0.4 is 10.3 Å². The number of hydrogen-bond donors (Lipinski definition) is 1. The Morgan fingerprint density at radius 2 is 2.16 bits per heavy atom. The molecular formula is C20H16BrClN4O6. The van der Waals surface area contributed by atoms with Gasteiger partial charge in [-0.1, -0.05) is 34.5 Å². The van der Waals surface area contributed by atoms with Crippen LogP contribution in [0.1, 0.15) is 24.7 Å². The summed E-state index contributed by atoms with van der Waals surface area (Å²) in [7, 11) is 0. The summed E-state index contributed by atoms with van der Waals surface area (Å²) in [5, 5.41) is 24.9. The van der Waals surface area contributed by atoms with Gasteiger partial charge >= 0.3 is 11.7 Å². The second-order valence-electron chi connectivity index (χ2n) is 6.58. The fraction of sp³-hybridized carbons (Fsp3) is 0.200. The van der Waals surface area contributed by atoms with E-state index < -0.39 is 28.7 Å². The lowest BCUT2D eigenvalue weighted by molar-refractivity contribution is -0.385. The van der Waals surface area contributed by atoms with Crippen LogP contribution in [0.25, 0.3) is 10.9 Å². The maximum atomic E-state index is 13.1. The van der Waals surface area contributed by atoms with Crippen LogP contribution in [0, 0.1) is 10.1 Å². The number of carbonyl (C=O) groups is 1. The molecule has 0 saturated carbocycles. The van der Waals surface area contributed by atoms with E-state index in [0.717, 1.165) is 17.0 Å². The third kappa shape index (κ3) is 5.11. The summed E-state index contributed by atoms with van der Waals surface area (Å²) in [5.41, 5.74) is -0.409. The van der Waals surface area contributed by atoms with E-state index >= 15 is 0 Å². The Labute approximate surface area is 194 Å². The Kier molecular flexibility index (Phi) is 7.21. The first-order valence-corrected chi connectivity index (χ1v) is 10.5. The monoisotopic (exact) mass is 522 g/mol. The van der Waals surface area contributed by atoms with Crippen molar-refractivity contribution in [1.82, 2.24) is 9.66 Å². The molecule has 0 aliphatic carbocycles. The molecule has 166 valence electrons. The number of hydrogen-bond acceptors (Lipinski definition) is 7. The Balaban J connectivity index is 2.19. The van der Waals surface area contributed by atoms with E-state index in [-0.39, 0.29) is 16.3 Å². The number of rotatable bonds is 8. The van der Waals surface area contributed by atoms with Crippen molar-refractivity contribution < 1.29 is 19.6 Å².